The first-order chi connectivity index (χ1) is 8.26. The summed E-state index contributed by atoms with van der Waals surface area (Å²) in [4.78, 5) is 22.2. The molecule has 18 heavy (non-hydrogen) atoms. The van der Waals surface area contributed by atoms with Crippen LogP contribution in [0.25, 0.3) is 0 Å². The van der Waals surface area contributed by atoms with Crippen LogP contribution in [0.4, 0.5) is 0 Å². The van der Waals surface area contributed by atoms with E-state index in [1.54, 1.807) is 20.8 Å². The Hall–Kier alpha value is -1.18. The summed E-state index contributed by atoms with van der Waals surface area (Å²) in [5, 5.41) is 29.0. The number of amides is 1. The van der Waals surface area contributed by atoms with E-state index in [1.807, 2.05) is 0 Å². The van der Waals surface area contributed by atoms with Gasteiger partial charge in [0.05, 0.1) is 13.2 Å². The molecule has 0 fully saturated rings. The molecular formula is C11H21NO6. The van der Waals surface area contributed by atoms with Gasteiger partial charge in [-0.1, -0.05) is 13.8 Å². The van der Waals surface area contributed by atoms with Crippen LogP contribution in [0.1, 0.15) is 20.8 Å². The third kappa shape index (κ3) is 4.99. The van der Waals surface area contributed by atoms with Crippen molar-refractivity contribution >= 4 is 11.9 Å². The second-order valence-electron chi connectivity index (χ2n) is 4.58. The predicted octanol–water partition coefficient (Wildman–Crippen LogP) is -1.03. The molecule has 1 unspecified atom stereocenters. The molecule has 0 saturated carbocycles. The van der Waals surface area contributed by atoms with Crippen molar-refractivity contribution in [2.75, 3.05) is 19.8 Å². The lowest BCUT2D eigenvalue weighted by Gasteiger charge is -2.31. The molecule has 0 aliphatic heterocycles. The largest absolute Gasteiger partial charge is 0.479 e. The fraction of sp³-hybridized carbons (Fsp3) is 0.818. The van der Waals surface area contributed by atoms with Crippen molar-refractivity contribution in [1.29, 1.82) is 0 Å². The van der Waals surface area contributed by atoms with Crippen molar-refractivity contribution in [3.63, 3.8) is 0 Å². The van der Waals surface area contributed by atoms with E-state index >= 15 is 0 Å². The van der Waals surface area contributed by atoms with Crippen molar-refractivity contribution in [3.8, 4) is 0 Å². The third-order valence-corrected chi connectivity index (χ3v) is 2.44. The van der Waals surface area contributed by atoms with Crippen LogP contribution in [0.3, 0.4) is 0 Å². The fourth-order valence-corrected chi connectivity index (χ4v) is 1.28. The van der Waals surface area contributed by atoms with Gasteiger partial charge in [-0.2, -0.15) is 0 Å². The highest BCUT2D eigenvalue weighted by atomic mass is 16.5. The second-order valence-corrected chi connectivity index (χ2v) is 4.58. The molecule has 0 aliphatic carbocycles. The van der Waals surface area contributed by atoms with Crippen molar-refractivity contribution in [2.24, 2.45) is 5.41 Å². The first kappa shape index (κ1) is 16.8. The van der Waals surface area contributed by atoms with Gasteiger partial charge in [-0.3, -0.25) is 4.79 Å². The van der Waals surface area contributed by atoms with Crippen LogP contribution < -0.4 is 5.32 Å². The maximum atomic E-state index is 11.8. The molecule has 0 saturated heterocycles. The molecule has 4 N–H and O–H groups in total. The molecule has 0 bridgehead atoms. The molecule has 0 heterocycles. The lowest BCUT2D eigenvalue weighted by molar-refractivity contribution is -0.148. The summed E-state index contributed by atoms with van der Waals surface area (Å²) in [6, 6.07) is 0. The number of aliphatic hydroxyl groups is 2. The van der Waals surface area contributed by atoms with E-state index in [2.05, 4.69) is 5.32 Å². The summed E-state index contributed by atoms with van der Waals surface area (Å²) >= 11 is 0. The Morgan fingerprint density at radius 2 is 1.94 bits per heavy atom. The van der Waals surface area contributed by atoms with Gasteiger partial charge in [0.2, 0.25) is 5.91 Å². The zero-order valence-electron chi connectivity index (χ0n) is 10.8. The normalized spacial score (nSPS) is 14.9. The molecule has 1 amide bonds. The lowest BCUT2D eigenvalue weighted by atomic mass is 9.86. The quantitative estimate of drug-likeness (QED) is 0.445. The van der Waals surface area contributed by atoms with E-state index in [0.717, 1.165) is 0 Å². The van der Waals surface area contributed by atoms with Gasteiger partial charge in [-0.15, -0.1) is 0 Å². The van der Waals surface area contributed by atoms with E-state index in [-0.39, 0.29) is 13.2 Å². The van der Waals surface area contributed by atoms with Gasteiger partial charge < -0.3 is 25.4 Å². The van der Waals surface area contributed by atoms with E-state index in [1.165, 1.54) is 0 Å². The van der Waals surface area contributed by atoms with E-state index in [4.69, 9.17) is 14.9 Å². The summed E-state index contributed by atoms with van der Waals surface area (Å²) in [6.45, 7) is 4.63. The van der Waals surface area contributed by atoms with Gasteiger partial charge >= 0.3 is 5.97 Å². The van der Waals surface area contributed by atoms with Crippen LogP contribution >= 0.6 is 0 Å². The number of carboxylic acid groups (broad SMARTS) is 1. The number of hydrogen-bond donors (Lipinski definition) is 4. The molecule has 0 aromatic rings. The van der Waals surface area contributed by atoms with Crippen molar-refractivity contribution < 1.29 is 29.6 Å². The van der Waals surface area contributed by atoms with Crippen LogP contribution in [0, 0.1) is 5.41 Å². The minimum absolute atomic E-state index is 0.257. The first-order valence-corrected chi connectivity index (χ1v) is 5.67. The highest BCUT2D eigenvalue weighted by Gasteiger charge is 2.35. The number of carbonyl (C=O) groups excluding carboxylic acids is 1. The molecule has 0 aromatic carbocycles. The average molecular weight is 263 g/mol. The van der Waals surface area contributed by atoms with Crippen LogP contribution in [0.2, 0.25) is 0 Å². The van der Waals surface area contributed by atoms with Crippen LogP contribution in [-0.4, -0.2) is 59.2 Å². The van der Waals surface area contributed by atoms with Crippen LogP contribution in [-0.2, 0) is 14.3 Å². The smallest absolute Gasteiger partial charge is 0.334 e. The number of hydrogen-bond acceptors (Lipinski definition) is 5. The van der Waals surface area contributed by atoms with Gasteiger partial charge in [-0.25, -0.2) is 4.79 Å². The van der Waals surface area contributed by atoms with Gasteiger partial charge in [0.25, 0.3) is 0 Å². The molecular weight excluding hydrogens is 242 g/mol. The van der Waals surface area contributed by atoms with Gasteiger partial charge in [0, 0.05) is 12.0 Å². The number of aliphatic carboxylic acids is 1. The molecule has 7 nitrogen and oxygen atoms in total. The number of ether oxygens (including phenoxy) is 1. The molecule has 0 spiro atoms. The monoisotopic (exact) mass is 263 g/mol. The Kier molecular flexibility index (Phi) is 6.82. The third-order valence-electron chi connectivity index (χ3n) is 2.44. The number of carboxylic acids is 1. The zero-order valence-corrected chi connectivity index (χ0v) is 10.8. The van der Waals surface area contributed by atoms with E-state index in [0.29, 0.717) is 0 Å². The van der Waals surface area contributed by atoms with Gasteiger partial charge in [0.15, 0.2) is 6.10 Å². The van der Waals surface area contributed by atoms with Crippen molar-refractivity contribution in [2.45, 2.75) is 33.0 Å². The Bertz CT molecular complexity index is 291. The van der Waals surface area contributed by atoms with E-state index < -0.39 is 36.0 Å². The number of nitrogens with one attached hydrogen (secondary N) is 1. The maximum Gasteiger partial charge on any atom is 0.334 e. The molecule has 7 heteroatoms. The molecule has 0 rings (SSSR count). The molecule has 0 radical (unpaired) electrons. The molecule has 0 aromatic heterocycles. The summed E-state index contributed by atoms with van der Waals surface area (Å²) in [5.74, 6) is -1.97. The minimum Gasteiger partial charge on any atom is -0.479 e. The molecule has 0 aliphatic rings. The summed E-state index contributed by atoms with van der Waals surface area (Å²) in [5.41, 5.74) is -0.797. The van der Waals surface area contributed by atoms with Gasteiger partial charge in [0.1, 0.15) is 6.10 Å². The van der Waals surface area contributed by atoms with E-state index in [9.17, 15) is 14.7 Å². The average Bonchev–Trinajstić information content (AvgIpc) is 2.32. The first-order valence-electron chi connectivity index (χ1n) is 5.67. The topological polar surface area (TPSA) is 116 Å². The summed E-state index contributed by atoms with van der Waals surface area (Å²) in [7, 11) is 0. The summed E-state index contributed by atoms with van der Waals surface area (Å²) < 4.78 is 5.25. The van der Waals surface area contributed by atoms with Gasteiger partial charge in [-0.05, 0) is 6.92 Å². The summed E-state index contributed by atoms with van der Waals surface area (Å²) in [6.07, 6.45) is -2.57. The van der Waals surface area contributed by atoms with Crippen LogP contribution in [0.5, 0.6) is 0 Å². The minimum atomic E-state index is -1.66. The van der Waals surface area contributed by atoms with Crippen LogP contribution in [0.15, 0.2) is 0 Å². The second kappa shape index (κ2) is 7.30. The molecule has 106 valence electrons. The fourth-order valence-electron chi connectivity index (χ4n) is 1.28. The standard InChI is InChI=1S/C11H21NO6/c1-4-18-8(11(2,3)6-13)9(15)12-5-7(14)10(16)17/h7-8,13-14H,4-6H2,1-3H3,(H,12,15)(H,16,17)/t7?,8-/m0/s1. The maximum absolute atomic E-state index is 11.8. The Morgan fingerprint density at radius 1 is 1.39 bits per heavy atom. The molecule has 2 atom stereocenters. The Morgan fingerprint density at radius 3 is 2.33 bits per heavy atom. The van der Waals surface area contributed by atoms with Crippen molar-refractivity contribution in [1.82, 2.24) is 5.32 Å². The number of aliphatic hydroxyl groups excluding tert-OH is 2. The lowest BCUT2D eigenvalue weighted by Crippen LogP contribution is -2.49. The Labute approximate surface area is 106 Å². The SMILES string of the molecule is CCO[C@@H](C(=O)NCC(O)C(=O)O)C(C)(C)CO. The highest BCUT2D eigenvalue weighted by molar-refractivity contribution is 5.82. The highest BCUT2D eigenvalue weighted by Crippen LogP contribution is 2.22. The number of carbonyl (C=O) groups is 2. The van der Waals surface area contributed by atoms with Crippen molar-refractivity contribution in [3.05, 3.63) is 0 Å². The predicted molar refractivity (Wildman–Crippen MR) is 62.9 cm³/mol. The number of rotatable bonds is 8. The zero-order chi connectivity index (χ0) is 14.3. The Balaban J connectivity index is 4.54.